The average Bonchev–Trinajstić information content (AvgIpc) is 2.91. The van der Waals surface area contributed by atoms with E-state index in [0.717, 1.165) is 17.3 Å². The second-order valence-electron chi connectivity index (χ2n) is 8.82. The largest absolute Gasteiger partial charge is 0.472 e. The number of aromatic nitrogens is 2. The third-order valence-electron chi connectivity index (χ3n) is 5.73. The molecule has 0 aliphatic carbocycles. The zero-order valence-corrected chi connectivity index (χ0v) is 21.5. The van der Waals surface area contributed by atoms with Gasteiger partial charge in [-0.1, -0.05) is 12.7 Å². The Hall–Kier alpha value is -3.70. The minimum absolute atomic E-state index is 0.151. The SMILES string of the molecule is C=C(/C(C)=C\C=C(/C)NC(=O)c1ccnc(C(F)(F)F)c1)c1cc(O[C@H](C)CO)nc(N2CCOCC2)c1. The number of nitrogens with one attached hydrogen (secondary N) is 1. The van der Waals surface area contributed by atoms with Crippen molar-refractivity contribution >= 4 is 17.3 Å². The molecule has 3 heterocycles. The van der Waals surface area contributed by atoms with Crippen molar-refractivity contribution in [1.82, 2.24) is 15.3 Å². The van der Waals surface area contributed by atoms with Crippen molar-refractivity contribution in [3.63, 3.8) is 0 Å². The summed E-state index contributed by atoms with van der Waals surface area (Å²) in [5.41, 5.74) is 1.37. The van der Waals surface area contributed by atoms with E-state index in [4.69, 9.17) is 9.47 Å². The third-order valence-corrected chi connectivity index (χ3v) is 5.73. The molecule has 2 N–H and O–H groups in total. The number of anilines is 1. The number of hydrogen-bond acceptors (Lipinski definition) is 7. The third kappa shape index (κ3) is 7.90. The molecule has 3 rings (SSSR count). The number of amides is 1. The van der Waals surface area contributed by atoms with Gasteiger partial charge in [0.25, 0.3) is 5.91 Å². The summed E-state index contributed by atoms with van der Waals surface area (Å²) in [6.45, 7) is 11.8. The Balaban J connectivity index is 1.78. The van der Waals surface area contributed by atoms with Crippen LogP contribution in [0.5, 0.6) is 5.88 Å². The first kappa shape index (κ1) is 28.9. The number of ether oxygens (including phenoxy) is 2. The molecule has 2 aromatic heterocycles. The number of nitrogens with zero attached hydrogens (tertiary/aromatic N) is 3. The van der Waals surface area contributed by atoms with E-state index in [-0.39, 0.29) is 12.2 Å². The maximum absolute atomic E-state index is 12.9. The molecular weight excluding hydrogens is 501 g/mol. The van der Waals surface area contributed by atoms with E-state index in [1.165, 1.54) is 6.07 Å². The van der Waals surface area contributed by atoms with E-state index in [9.17, 15) is 23.1 Å². The molecule has 2 aromatic rings. The molecule has 0 spiro atoms. The second kappa shape index (κ2) is 12.7. The predicted molar refractivity (Wildman–Crippen MR) is 138 cm³/mol. The van der Waals surface area contributed by atoms with Crippen LogP contribution in [0.3, 0.4) is 0 Å². The Morgan fingerprint density at radius 2 is 1.95 bits per heavy atom. The van der Waals surface area contributed by atoms with Crippen molar-refractivity contribution in [2.75, 3.05) is 37.8 Å². The lowest BCUT2D eigenvalue weighted by Crippen LogP contribution is -2.36. The molecule has 8 nitrogen and oxygen atoms in total. The number of carbonyl (C=O) groups is 1. The van der Waals surface area contributed by atoms with Gasteiger partial charge in [0.1, 0.15) is 17.6 Å². The summed E-state index contributed by atoms with van der Waals surface area (Å²) in [7, 11) is 0. The van der Waals surface area contributed by atoms with Gasteiger partial charge in [0.05, 0.1) is 19.8 Å². The van der Waals surface area contributed by atoms with E-state index < -0.39 is 23.9 Å². The molecule has 1 fully saturated rings. The average molecular weight is 533 g/mol. The molecule has 1 saturated heterocycles. The number of allylic oxidation sites excluding steroid dienone is 5. The molecular formula is C27H31F3N4O4. The number of halogens is 3. The normalized spacial score (nSPS) is 15.7. The molecule has 0 saturated carbocycles. The van der Waals surface area contributed by atoms with Crippen LogP contribution in [-0.2, 0) is 10.9 Å². The van der Waals surface area contributed by atoms with Crippen LogP contribution in [0.25, 0.3) is 5.57 Å². The highest BCUT2D eigenvalue weighted by molar-refractivity contribution is 5.95. The van der Waals surface area contributed by atoms with Crippen LogP contribution in [0.1, 0.15) is 42.4 Å². The smallest absolute Gasteiger partial charge is 0.433 e. The zero-order valence-electron chi connectivity index (χ0n) is 21.5. The fraction of sp³-hybridized carbons (Fsp3) is 0.370. The number of alkyl halides is 3. The van der Waals surface area contributed by atoms with Gasteiger partial charge < -0.3 is 24.8 Å². The molecule has 0 aromatic carbocycles. The minimum Gasteiger partial charge on any atom is -0.472 e. The van der Waals surface area contributed by atoms with Crippen LogP contribution < -0.4 is 15.0 Å². The van der Waals surface area contributed by atoms with Crippen LogP contribution in [0.15, 0.2) is 60.5 Å². The molecule has 1 aliphatic rings. The van der Waals surface area contributed by atoms with Gasteiger partial charge in [-0.15, -0.1) is 0 Å². The van der Waals surface area contributed by atoms with E-state index >= 15 is 0 Å². The first-order chi connectivity index (χ1) is 18.0. The highest BCUT2D eigenvalue weighted by Gasteiger charge is 2.33. The number of morpholine rings is 1. The van der Waals surface area contributed by atoms with Gasteiger partial charge in [-0.2, -0.15) is 18.2 Å². The van der Waals surface area contributed by atoms with Crippen LogP contribution in [0.4, 0.5) is 19.0 Å². The standard InChI is InChI=1S/C27H31F3N4O4/c1-17(5-6-18(2)32-26(36)21-7-8-31-23(13-21)27(28,29)30)20(4)22-14-24(34-9-11-37-12-10-34)33-25(15-22)38-19(3)16-35/h5-8,13-15,19,35H,4,9-12,16H2,1-3H3,(H,32,36)/b17-5-,18-6+/t19-/m1/s1. The number of aliphatic hydroxyl groups excluding tert-OH is 1. The van der Waals surface area contributed by atoms with Gasteiger partial charge in [-0.05, 0) is 61.8 Å². The summed E-state index contributed by atoms with van der Waals surface area (Å²) in [5.74, 6) is 0.379. The maximum Gasteiger partial charge on any atom is 0.433 e. The van der Waals surface area contributed by atoms with Gasteiger partial charge in [-0.25, -0.2) is 0 Å². The van der Waals surface area contributed by atoms with Gasteiger partial charge in [-0.3, -0.25) is 9.78 Å². The summed E-state index contributed by atoms with van der Waals surface area (Å²) >= 11 is 0. The molecule has 0 unspecified atom stereocenters. The molecule has 1 atom stereocenters. The predicted octanol–water partition coefficient (Wildman–Crippen LogP) is 4.38. The molecule has 204 valence electrons. The van der Waals surface area contributed by atoms with Gasteiger partial charge in [0, 0.05) is 36.6 Å². The Morgan fingerprint density at radius 1 is 1.24 bits per heavy atom. The fourth-order valence-corrected chi connectivity index (χ4v) is 3.52. The molecule has 11 heteroatoms. The van der Waals surface area contributed by atoms with Crippen LogP contribution >= 0.6 is 0 Å². The Bertz CT molecular complexity index is 1220. The van der Waals surface area contributed by atoms with E-state index in [1.807, 2.05) is 13.0 Å². The second-order valence-corrected chi connectivity index (χ2v) is 8.82. The lowest BCUT2D eigenvalue weighted by atomic mass is 10.0. The Morgan fingerprint density at radius 3 is 2.61 bits per heavy atom. The van der Waals surface area contributed by atoms with Gasteiger partial charge in [0.15, 0.2) is 0 Å². The quantitative estimate of drug-likeness (QED) is 0.463. The molecule has 1 aliphatic heterocycles. The first-order valence-corrected chi connectivity index (χ1v) is 12.0. The summed E-state index contributed by atoms with van der Waals surface area (Å²) in [6.07, 6.45) is -0.750. The summed E-state index contributed by atoms with van der Waals surface area (Å²) < 4.78 is 49.9. The van der Waals surface area contributed by atoms with Crippen molar-refractivity contribution in [3.8, 4) is 5.88 Å². The Kier molecular flexibility index (Phi) is 9.65. The number of rotatable bonds is 9. The number of aliphatic hydroxyl groups is 1. The van der Waals surface area contributed by atoms with E-state index in [0.29, 0.717) is 55.3 Å². The zero-order chi connectivity index (χ0) is 27.9. The monoisotopic (exact) mass is 532 g/mol. The fourth-order valence-electron chi connectivity index (χ4n) is 3.52. The highest BCUT2D eigenvalue weighted by Crippen LogP contribution is 2.29. The van der Waals surface area contributed by atoms with Crippen LogP contribution in [0, 0.1) is 0 Å². The molecule has 0 bridgehead atoms. The minimum atomic E-state index is -4.64. The molecule has 1 amide bonds. The lowest BCUT2D eigenvalue weighted by molar-refractivity contribution is -0.141. The lowest BCUT2D eigenvalue weighted by Gasteiger charge is -2.28. The van der Waals surface area contributed by atoms with Crippen LogP contribution in [-0.4, -0.2) is 60.0 Å². The van der Waals surface area contributed by atoms with Crippen molar-refractivity contribution < 1.29 is 32.5 Å². The summed E-state index contributed by atoms with van der Waals surface area (Å²) in [4.78, 5) is 22.4. The highest BCUT2D eigenvalue weighted by atomic mass is 19.4. The molecule has 38 heavy (non-hydrogen) atoms. The van der Waals surface area contributed by atoms with Crippen LogP contribution in [0.2, 0.25) is 0 Å². The van der Waals surface area contributed by atoms with E-state index in [1.54, 1.807) is 32.1 Å². The first-order valence-electron chi connectivity index (χ1n) is 12.0. The number of carbonyl (C=O) groups excluding carboxylic acids is 1. The van der Waals surface area contributed by atoms with Crippen molar-refractivity contribution in [2.24, 2.45) is 0 Å². The van der Waals surface area contributed by atoms with Crippen molar-refractivity contribution in [3.05, 3.63) is 77.3 Å². The number of hydrogen-bond donors (Lipinski definition) is 2. The van der Waals surface area contributed by atoms with Crippen molar-refractivity contribution in [1.29, 1.82) is 0 Å². The van der Waals surface area contributed by atoms with Gasteiger partial charge >= 0.3 is 6.18 Å². The maximum atomic E-state index is 12.9. The number of pyridine rings is 2. The summed E-state index contributed by atoms with van der Waals surface area (Å²) in [6, 6.07) is 5.57. The summed E-state index contributed by atoms with van der Waals surface area (Å²) in [5, 5.41) is 12.0. The topological polar surface area (TPSA) is 96.8 Å². The van der Waals surface area contributed by atoms with Gasteiger partial charge in [0.2, 0.25) is 5.88 Å². The van der Waals surface area contributed by atoms with E-state index in [2.05, 4.69) is 26.8 Å². The Labute approximate surface area is 219 Å². The molecule has 0 radical (unpaired) electrons. The van der Waals surface area contributed by atoms with Crippen molar-refractivity contribution in [2.45, 2.75) is 33.1 Å².